The number of hydrazone groups is 1. The van der Waals surface area contributed by atoms with Crippen LogP contribution >= 0.6 is 15.9 Å². The van der Waals surface area contributed by atoms with E-state index in [1.54, 1.807) is 31.4 Å². The van der Waals surface area contributed by atoms with Crippen molar-refractivity contribution in [3.05, 3.63) is 64.1 Å². The van der Waals surface area contributed by atoms with Crippen molar-refractivity contribution in [2.75, 3.05) is 14.2 Å². The van der Waals surface area contributed by atoms with E-state index in [9.17, 15) is 9.90 Å². The number of methoxy groups -OCH3 is 2. The summed E-state index contributed by atoms with van der Waals surface area (Å²) in [5.41, 5.74) is 3.21. The number of benzene rings is 3. The van der Waals surface area contributed by atoms with E-state index in [0.29, 0.717) is 17.1 Å². The van der Waals surface area contributed by atoms with E-state index >= 15 is 0 Å². The van der Waals surface area contributed by atoms with E-state index in [1.165, 1.54) is 13.3 Å². The van der Waals surface area contributed by atoms with Gasteiger partial charge in [0.25, 0.3) is 5.91 Å². The molecular weight excluding hydrogens is 412 g/mol. The summed E-state index contributed by atoms with van der Waals surface area (Å²) in [5.74, 6) is 0.544. The minimum absolute atomic E-state index is 0.105. The van der Waals surface area contributed by atoms with Gasteiger partial charge in [-0.15, -0.1) is 0 Å². The number of hydrogen-bond donors (Lipinski definition) is 2. The molecule has 0 bridgehead atoms. The number of phenols is 1. The van der Waals surface area contributed by atoms with Gasteiger partial charge in [0.2, 0.25) is 0 Å². The zero-order valence-electron chi connectivity index (χ0n) is 14.7. The molecule has 6 nitrogen and oxygen atoms in total. The Balaban J connectivity index is 1.82. The first kappa shape index (κ1) is 18.7. The molecule has 138 valence electrons. The van der Waals surface area contributed by atoms with Crippen LogP contribution in [-0.2, 0) is 0 Å². The normalized spacial score (nSPS) is 10.9. The van der Waals surface area contributed by atoms with Crippen molar-refractivity contribution in [2.24, 2.45) is 5.10 Å². The molecule has 0 unspecified atom stereocenters. The Morgan fingerprint density at radius 1 is 1.07 bits per heavy atom. The Morgan fingerprint density at radius 3 is 2.41 bits per heavy atom. The van der Waals surface area contributed by atoms with Crippen LogP contribution in [0.1, 0.15) is 15.9 Å². The average Bonchev–Trinajstić information content (AvgIpc) is 2.67. The standard InChI is InChI=1S/C20H17BrN2O4/c1-26-18-10-19(27-2)16(21)8-14(18)11-22-23-20(25)15-7-12-5-3-4-6-13(12)9-17(15)24/h3-11,24H,1-2H3,(H,23,25). The second-order valence-electron chi connectivity index (χ2n) is 5.64. The van der Waals surface area contributed by atoms with Crippen molar-refractivity contribution in [2.45, 2.75) is 0 Å². The Kier molecular flexibility index (Phi) is 5.61. The van der Waals surface area contributed by atoms with Gasteiger partial charge < -0.3 is 14.6 Å². The molecule has 3 aromatic rings. The summed E-state index contributed by atoms with van der Waals surface area (Å²) < 4.78 is 11.3. The summed E-state index contributed by atoms with van der Waals surface area (Å²) in [4.78, 5) is 12.4. The molecular formula is C20H17BrN2O4. The van der Waals surface area contributed by atoms with Crippen molar-refractivity contribution in [1.82, 2.24) is 5.43 Å². The monoisotopic (exact) mass is 428 g/mol. The average molecular weight is 429 g/mol. The minimum atomic E-state index is -0.513. The van der Waals surface area contributed by atoms with E-state index < -0.39 is 5.91 Å². The lowest BCUT2D eigenvalue weighted by atomic mass is 10.1. The molecule has 0 saturated carbocycles. The van der Waals surface area contributed by atoms with Crippen LogP contribution < -0.4 is 14.9 Å². The lowest BCUT2D eigenvalue weighted by Crippen LogP contribution is -2.17. The van der Waals surface area contributed by atoms with Gasteiger partial charge in [-0.1, -0.05) is 24.3 Å². The van der Waals surface area contributed by atoms with E-state index in [1.807, 2.05) is 24.3 Å². The first-order valence-electron chi connectivity index (χ1n) is 8.00. The number of fused-ring (bicyclic) bond motifs is 1. The predicted octanol–water partition coefficient (Wildman–Crippen LogP) is 4.09. The fourth-order valence-corrected chi connectivity index (χ4v) is 3.14. The highest BCUT2D eigenvalue weighted by atomic mass is 79.9. The number of amides is 1. The van der Waals surface area contributed by atoms with Gasteiger partial charge in [0.15, 0.2) is 0 Å². The molecule has 0 spiro atoms. The molecule has 0 aliphatic carbocycles. The Morgan fingerprint density at radius 2 is 1.74 bits per heavy atom. The molecule has 0 aliphatic rings. The van der Waals surface area contributed by atoms with E-state index in [-0.39, 0.29) is 11.3 Å². The molecule has 0 radical (unpaired) electrons. The van der Waals surface area contributed by atoms with Gasteiger partial charge in [-0.3, -0.25) is 4.79 Å². The molecule has 3 aromatic carbocycles. The van der Waals surface area contributed by atoms with Crippen LogP contribution in [0.5, 0.6) is 17.2 Å². The summed E-state index contributed by atoms with van der Waals surface area (Å²) in [6.07, 6.45) is 1.46. The third kappa shape index (κ3) is 4.03. The summed E-state index contributed by atoms with van der Waals surface area (Å²) in [5, 5.41) is 15.8. The predicted molar refractivity (Wildman–Crippen MR) is 108 cm³/mol. The van der Waals surface area contributed by atoms with Gasteiger partial charge in [0, 0.05) is 11.6 Å². The first-order valence-corrected chi connectivity index (χ1v) is 8.79. The quantitative estimate of drug-likeness (QED) is 0.473. The third-order valence-electron chi connectivity index (χ3n) is 3.98. The lowest BCUT2D eigenvalue weighted by molar-refractivity contribution is 0.0952. The van der Waals surface area contributed by atoms with Crippen molar-refractivity contribution < 1.29 is 19.4 Å². The van der Waals surface area contributed by atoms with Crippen LogP contribution in [0.2, 0.25) is 0 Å². The molecule has 7 heteroatoms. The van der Waals surface area contributed by atoms with E-state index in [2.05, 4.69) is 26.5 Å². The topological polar surface area (TPSA) is 80.2 Å². The summed E-state index contributed by atoms with van der Waals surface area (Å²) >= 11 is 3.40. The van der Waals surface area contributed by atoms with Crippen LogP contribution in [0.25, 0.3) is 10.8 Å². The fourth-order valence-electron chi connectivity index (χ4n) is 2.62. The number of rotatable bonds is 5. The number of carbonyl (C=O) groups excluding carboxylic acids is 1. The molecule has 1 amide bonds. The van der Waals surface area contributed by atoms with Crippen molar-refractivity contribution in [3.8, 4) is 17.2 Å². The Bertz CT molecular complexity index is 1030. The molecule has 27 heavy (non-hydrogen) atoms. The number of nitrogens with one attached hydrogen (secondary N) is 1. The van der Waals surface area contributed by atoms with Crippen molar-refractivity contribution in [1.29, 1.82) is 0 Å². The van der Waals surface area contributed by atoms with Gasteiger partial charge in [0.1, 0.15) is 17.2 Å². The number of phenolic OH excluding ortho intramolecular Hbond substituents is 1. The van der Waals surface area contributed by atoms with Crippen LogP contribution in [0.15, 0.2) is 58.1 Å². The number of nitrogens with zero attached hydrogens (tertiary/aromatic N) is 1. The van der Waals surface area contributed by atoms with Crippen LogP contribution in [0.3, 0.4) is 0 Å². The maximum atomic E-state index is 12.4. The van der Waals surface area contributed by atoms with Gasteiger partial charge in [-0.2, -0.15) is 5.10 Å². The highest BCUT2D eigenvalue weighted by Gasteiger charge is 2.12. The molecule has 0 atom stereocenters. The Labute approximate surface area is 164 Å². The largest absolute Gasteiger partial charge is 0.507 e. The SMILES string of the molecule is COc1cc(OC)c(C=NNC(=O)c2cc3ccccc3cc2O)cc1Br. The minimum Gasteiger partial charge on any atom is -0.507 e. The number of halogens is 1. The Hall–Kier alpha value is -3.06. The zero-order chi connectivity index (χ0) is 19.4. The maximum absolute atomic E-state index is 12.4. The van der Waals surface area contributed by atoms with E-state index in [4.69, 9.17) is 9.47 Å². The molecule has 0 heterocycles. The van der Waals surface area contributed by atoms with E-state index in [0.717, 1.165) is 15.2 Å². The molecule has 0 saturated heterocycles. The second kappa shape index (κ2) is 8.09. The number of aromatic hydroxyl groups is 1. The summed E-state index contributed by atoms with van der Waals surface area (Å²) in [6.45, 7) is 0. The molecule has 0 fully saturated rings. The highest BCUT2D eigenvalue weighted by molar-refractivity contribution is 9.10. The van der Waals surface area contributed by atoms with Gasteiger partial charge in [-0.05, 0) is 44.9 Å². The second-order valence-corrected chi connectivity index (χ2v) is 6.50. The van der Waals surface area contributed by atoms with Crippen LogP contribution in [0, 0.1) is 0 Å². The van der Waals surface area contributed by atoms with Gasteiger partial charge in [-0.25, -0.2) is 5.43 Å². The van der Waals surface area contributed by atoms with Crippen molar-refractivity contribution >= 4 is 38.8 Å². The molecule has 0 aliphatic heterocycles. The van der Waals surface area contributed by atoms with Gasteiger partial charge in [0.05, 0.1) is 30.5 Å². The van der Waals surface area contributed by atoms with Crippen LogP contribution in [0.4, 0.5) is 0 Å². The summed E-state index contributed by atoms with van der Waals surface area (Å²) in [6, 6.07) is 14.1. The fraction of sp³-hybridized carbons (Fsp3) is 0.100. The summed E-state index contributed by atoms with van der Waals surface area (Å²) in [7, 11) is 3.09. The number of hydrogen-bond acceptors (Lipinski definition) is 5. The van der Waals surface area contributed by atoms with Gasteiger partial charge >= 0.3 is 0 Å². The highest BCUT2D eigenvalue weighted by Crippen LogP contribution is 2.32. The lowest BCUT2D eigenvalue weighted by Gasteiger charge is -2.09. The number of carbonyl (C=O) groups is 1. The van der Waals surface area contributed by atoms with Crippen LogP contribution in [-0.4, -0.2) is 31.4 Å². The smallest absolute Gasteiger partial charge is 0.275 e. The first-order chi connectivity index (χ1) is 13.0. The zero-order valence-corrected chi connectivity index (χ0v) is 16.3. The molecule has 0 aromatic heterocycles. The maximum Gasteiger partial charge on any atom is 0.275 e. The molecule has 3 rings (SSSR count). The van der Waals surface area contributed by atoms with Crippen molar-refractivity contribution in [3.63, 3.8) is 0 Å². The third-order valence-corrected chi connectivity index (χ3v) is 4.60. The molecule has 2 N–H and O–H groups in total. The number of ether oxygens (including phenoxy) is 2.